The summed E-state index contributed by atoms with van der Waals surface area (Å²) in [6, 6.07) is 17.4. The summed E-state index contributed by atoms with van der Waals surface area (Å²) in [6.07, 6.45) is 10.8. The lowest BCUT2D eigenvalue weighted by atomic mass is 9.77. The highest BCUT2D eigenvalue weighted by Gasteiger charge is 2.35. The van der Waals surface area contributed by atoms with E-state index in [9.17, 15) is 5.11 Å². The smallest absolute Gasteiger partial charge is 0.168 e. The summed E-state index contributed by atoms with van der Waals surface area (Å²) in [7, 11) is 0. The summed E-state index contributed by atoms with van der Waals surface area (Å²) in [5, 5.41) is 9.36. The van der Waals surface area contributed by atoms with Gasteiger partial charge in [-0.25, -0.2) is 0 Å². The normalized spacial score (nSPS) is 23.9. The van der Waals surface area contributed by atoms with Gasteiger partial charge in [0.05, 0.1) is 0 Å². The van der Waals surface area contributed by atoms with Crippen molar-refractivity contribution in [2.75, 3.05) is 0 Å². The van der Waals surface area contributed by atoms with Gasteiger partial charge in [-0.2, -0.15) is 0 Å². The first-order valence-electron chi connectivity index (χ1n) is 8.19. The Hall–Kier alpha value is -2.40. The molecule has 1 saturated carbocycles. The zero-order chi connectivity index (χ0) is 16.1. The number of hydrogen-bond donors (Lipinski definition) is 1. The lowest BCUT2D eigenvalue weighted by Crippen LogP contribution is -2.39. The van der Waals surface area contributed by atoms with E-state index in [0.29, 0.717) is 5.92 Å². The Bertz CT molecular complexity index is 659. The number of benzene rings is 2. The fourth-order valence-electron chi connectivity index (χ4n) is 3.31. The second kappa shape index (κ2) is 6.79. The lowest BCUT2D eigenvalue weighted by Gasteiger charge is -2.36. The second-order valence-electron chi connectivity index (χ2n) is 6.37. The van der Waals surface area contributed by atoms with E-state index in [1.165, 1.54) is 5.56 Å². The molecule has 2 nitrogen and oxygen atoms in total. The van der Waals surface area contributed by atoms with E-state index in [1.807, 2.05) is 0 Å². The van der Waals surface area contributed by atoms with Crippen LogP contribution in [0.2, 0.25) is 0 Å². The molecule has 118 valence electrons. The summed E-state index contributed by atoms with van der Waals surface area (Å²) in [6.45, 7) is 0. The number of terminal acetylenes is 1. The van der Waals surface area contributed by atoms with Gasteiger partial charge in [-0.3, -0.25) is 0 Å². The molecule has 1 fully saturated rings. The van der Waals surface area contributed by atoms with E-state index in [2.05, 4.69) is 36.3 Å². The summed E-state index contributed by atoms with van der Waals surface area (Å²) in [5.41, 5.74) is 0.884. The van der Waals surface area contributed by atoms with Gasteiger partial charge < -0.3 is 9.84 Å². The molecule has 3 rings (SSSR count). The topological polar surface area (TPSA) is 29.5 Å². The lowest BCUT2D eigenvalue weighted by molar-refractivity contribution is 0.0685. The molecular formula is C21H22O2. The molecule has 1 N–H and O–H groups in total. The van der Waals surface area contributed by atoms with Gasteiger partial charge in [-0.1, -0.05) is 36.3 Å². The molecular weight excluding hydrogens is 284 g/mol. The average Bonchev–Trinajstić information content (AvgIpc) is 2.60. The Morgan fingerprint density at radius 2 is 1.70 bits per heavy atom. The molecule has 0 unspecified atom stereocenters. The van der Waals surface area contributed by atoms with Crippen molar-refractivity contribution in [3.05, 3.63) is 60.2 Å². The number of phenols is 1. The molecule has 23 heavy (non-hydrogen) atoms. The van der Waals surface area contributed by atoms with Gasteiger partial charge in [0.2, 0.25) is 0 Å². The fourth-order valence-corrected chi connectivity index (χ4v) is 3.31. The Morgan fingerprint density at radius 1 is 1.04 bits per heavy atom. The van der Waals surface area contributed by atoms with Crippen LogP contribution in [-0.2, 0) is 6.42 Å². The molecule has 1 aliphatic rings. The van der Waals surface area contributed by atoms with Crippen LogP contribution in [0, 0.1) is 18.3 Å². The molecule has 0 amide bonds. The maximum atomic E-state index is 9.36. The van der Waals surface area contributed by atoms with Crippen molar-refractivity contribution in [2.45, 2.75) is 37.7 Å². The van der Waals surface area contributed by atoms with Crippen LogP contribution in [0.15, 0.2) is 54.6 Å². The summed E-state index contributed by atoms with van der Waals surface area (Å²) < 4.78 is 6.10. The zero-order valence-corrected chi connectivity index (χ0v) is 13.2. The third kappa shape index (κ3) is 3.87. The first-order chi connectivity index (χ1) is 11.2. The van der Waals surface area contributed by atoms with Gasteiger partial charge in [0.1, 0.15) is 11.5 Å². The van der Waals surface area contributed by atoms with Gasteiger partial charge in [-0.05, 0) is 67.9 Å². The van der Waals surface area contributed by atoms with E-state index in [4.69, 9.17) is 11.2 Å². The summed E-state index contributed by atoms with van der Waals surface area (Å²) in [5.74, 6) is 4.51. The number of phenolic OH excluding ortho intramolecular Hbond substituents is 1. The zero-order valence-electron chi connectivity index (χ0n) is 13.2. The molecule has 0 aliphatic heterocycles. The van der Waals surface area contributed by atoms with E-state index in [0.717, 1.165) is 37.9 Å². The number of hydrogen-bond acceptors (Lipinski definition) is 2. The Balaban J connectivity index is 1.61. The van der Waals surface area contributed by atoms with Crippen LogP contribution in [0.5, 0.6) is 11.5 Å². The first kappa shape index (κ1) is 15.5. The van der Waals surface area contributed by atoms with Crippen molar-refractivity contribution >= 4 is 0 Å². The number of aromatic hydroxyl groups is 1. The fraction of sp³-hybridized carbons (Fsp3) is 0.333. The summed E-state index contributed by atoms with van der Waals surface area (Å²) >= 11 is 0. The van der Waals surface area contributed by atoms with Crippen LogP contribution in [-0.4, -0.2) is 10.7 Å². The average molecular weight is 306 g/mol. The van der Waals surface area contributed by atoms with Crippen molar-refractivity contribution in [2.24, 2.45) is 5.92 Å². The van der Waals surface area contributed by atoms with Crippen molar-refractivity contribution in [1.29, 1.82) is 0 Å². The molecule has 2 aromatic rings. The minimum Gasteiger partial charge on any atom is -0.508 e. The maximum absolute atomic E-state index is 9.36. The van der Waals surface area contributed by atoms with Gasteiger partial charge in [0.25, 0.3) is 0 Å². The van der Waals surface area contributed by atoms with Gasteiger partial charge >= 0.3 is 0 Å². The van der Waals surface area contributed by atoms with E-state index < -0.39 is 5.60 Å². The van der Waals surface area contributed by atoms with Crippen molar-refractivity contribution < 1.29 is 9.84 Å². The quantitative estimate of drug-likeness (QED) is 0.838. The molecule has 0 aromatic heterocycles. The van der Waals surface area contributed by atoms with Crippen LogP contribution in [0.25, 0.3) is 0 Å². The molecule has 1 aliphatic carbocycles. The van der Waals surface area contributed by atoms with Crippen LogP contribution in [0.1, 0.15) is 31.2 Å². The van der Waals surface area contributed by atoms with Crippen molar-refractivity contribution in [3.63, 3.8) is 0 Å². The highest BCUT2D eigenvalue weighted by molar-refractivity contribution is 5.32. The van der Waals surface area contributed by atoms with Crippen LogP contribution < -0.4 is 4.74 Å². The minimum atomic E-state index is -0.510. The second-order valence-corrected chi connectivity index (χ2v) is 6.37. The molecule has 0 radical (unpaired) electrons. The largest absolute Gasteiger partial charge is 0.508 e. The van der Waals surface area contributed by atoms with E-state index >= 15 is 0 Å². The minimum absolute atomic E-state index is 0.235. The predicted molar refractivity (Wildman–Crippen MR) is 92.4 cm³/mol. The molecule has 2 aromatic carbocycles. The van der Waals surface area contributed by atoms with Gasteiger partial charge in [-0.15, -0.1) is 6.42 Å². The van der Waals surface area contributed by atoms with E-state index in [1.54, 1.807) is 24.3 Å². The first-order valence-corrected chi connectivity index (χ1v) is 8.19. The van der Waals surface area contributed by atoms with Crippen LogP contribution in [0.4, 0.5) is 0 Å². The van der Waals surface area contributed by atoms with Crippen LogP contribution >= 0.6 is 0 Å². The highest BCUT2D eigenvalue weighted by Crippen LogP contribution is 2.37. The number of rotatable bonds is 4. The Morgan fingerprint density at radius 3 is 2.30 bits per heavy atom. The Kier molecular flexibility index (Phi) is 4.57. The third-order valence-corrected chi connectivity index (χ3v) is 4.69. The molecule has 0 saturated heterocycles. The highest BCUT2D eigenvalue weighted by atomic mass is 16.5. The Labute approximate surface area is 138 Å². The molecule has 0 spiro atoms. The molecule has 0 atom stereocenters. The molecule has 0 bridgehead atoms. The third-order valence-electron chi connectivity index (χ3n) is 4.69. The van der Waals surface area contributed by atoms with Crippen molar-refractivity contribution in [1.82, 2.24) is 0 Å². The maximum Gasteiger partial charge on any atom is 0.168 e. The summed E-state index contributed by atoms with van der Waals surface area (Å²) in [4.78, 5) is 0. The standard InChI is InChI=1S/C21H22O2/c1-2-21(23-20-10-8-19(22)9-11-20)14-12-18(13-15-21)16-17-6-4-3-5-7-17/h1,3-11,18,22H,12-16H2. The van der Waals surface area contributed by atoms with E-state index in [-0.39, 0.29) is 5.75 Å². The molecule has 0 heterocycles. The number of ether oxygens (including phenoxy) is 1. The van der Waals surface area contributed by atoms with Gasteiger partial charge in [0, 0.05) is 0 Å². The SMILES string of the molecule is C#CC1(Oc2ccc(O)cc2)CCC(Cc2ccccc2)CC1. The van der Waals surface area contributed by atoms with Crippen molar-refractivity contribution in [3.8, 4) is 23.8 Å². The monoisotopic (exact) mass is 306 g/mol. The van der Waals surface area contributed by atoms with Gasteiger partial charge in [0.15, 0.2) is 5.60 Å². The molecule has 2 heteroatoms. The van der Waals surface area contributed by atoms with Crippen LogP contribution in [0.3, 0.4) is 0 Å². The predicted octanol–water partition coefficient (Wildman–Crippen LogP) is 4.58.